The number of likely N-dealkylation sites (tertiary alicyclic amines) is 1. The van der Waals surface area contributed by atoms with Crippen molar-refractivity contribution >= 4 is 12.2 Å². The van der Waals surface area contributed by atoms with E-state index in [1.165, 1.54) is 4.90 Å². The fourth-order valence-corrected chi connectivity index (χ4v) is 2.17. The van der Waals surface area contributed by atoms with Crippen LogP contribution < -0.4 is 5.32 Å². The largest absolute Gasteiger partial charge is 0.465 e. The molecule has 1 aromatic rings. The minimum atomic E-state index is -0.904. The van der Waals surface area contributed by atoms with E-state index in [4.69, 9.17) is 9.84 Å². The highest BCUT2D eigenvalue weighted by Gasteiger charge is 2.26. The smallest absolute Gasteiger partial charge is 0.407 e. The molecule has 108 valence electrons. The summed E-state index contributed by atoms with van der Waals surface area (Å²) in [6.07, 6.45) is -0.604. The number of amides is 2. The second-order valence-corrected chi connectivity index (χ2v) is 4.83. The first-order valence-corrected chi connectivity index (χ1v) is 6.57. The minimum Gasteiger partial charge on any atom is -0.465 e. The molecule has 20 heavy (non-hydrogen) atoms. The quantitative estimate of drug-likeness (QED) is 0.881. The zero-order valence-corrected chi connectivity index (χ0v) is 11.1. The topological polar surface area (TPSA) is 78.9 Å². The molecular weight excluding hydrogens is 260 g/mol. The number of hydrogen-bond acceptors (Lipinski definition) is 3. The molecule has 1 saturated heterocycles. The van der Waals surface area contributed by atoms with E-state index in [0.29, 0.717) is 19.6 Å². The van der Waals surface area contributed by atoms with E-state index in [1.807, 2.05) is 30.3 Å². The van der Waals surface area contributed by atoms with Gasteiger partial charge in [-0.3, -0.25) is 0 Å². The molecule has 0 spiro atoms. The van der Waals surface area contributed by atoms with Gasteiger partial charge in [0.15, 0.2) is 0 Å². The third-order valence-corrected chi connectivity index (χ3v) is 3.30. The normalized spacial score (nSPS) is 17.8. The Hall–Kier alpha value is -2.24. The first-order valence-electron chi connectivity index (χ1n) is 6.57. The summed E-state index contributed by atoms with van der Waals surface area (Å²) in [6.45, 7) is 1.67. The van der Waals surface area contributed by atoms with Crippen molar-refractivity contribution in [2.24, 2.45) is 5.92 Å². The van der Waals surface area contributed by atoms with Gasteiger partial charge in [-0.1, -0.05) is 30.3 Å². The summed E-state index contributed by atoms with van der Waals surface area (Å²) in [5.41, 5.74) is 0.931. The summed E-state index contributed by atoms with van der Waals surface area (Å²) in [7, 11) is 0. The Kier molecular flexibility index (Phi) is 4.81. The van der Waals surface area contributed by atoms with Gasteiger partial charge in [0.25, 0.3) is 0 Å². The van der Waals surface area contributed by atoms with E-state index in [0.717, 1.165) is 12.0 Å². The van der Waals surface area contributed by atoms with Gasteiger partial charge < -0.3 is 20.1 Å². The predicted octanol–water partition coefficient (Wildman–Crippen LogP) is 1.91. The average Bonchev–Trinajstić information content (AvgIpc) is 2.93. The second-order valence-electron chi connectivity index (χ2n) is 4.83. The van der Waals surface area contributed by atoms with Gasteiger partial charge >= 0.3 is 12.2 Å². The first-order chi connectivity index (χ1) is 9.65. The number of ether oxygens (including phenoxy) is 1. The van der Waals surface area contributed by atoms with Crippen molar-refractivity contribution in [3.05, 3.63) is 35.9 Å². The molecule has 1 fully saturated rings. The second kappa shape index (κ2) is 6.79. The molecule has 1 atom stereocenters. The molecule has 0 saturated carbocycles. The highest BCUT2D eigenvalue weighted by molar-refractivity contribution is 5.67. The van der Waals surface area contributed by atoms with Crippen LogP contribution >= 0.6 is 0 Å². The Morgan fingerprint density at radius 3 is 2.75 bits per heavy atom. The fourth-order valence-electron chi connectivity index (χ4n) is 2.17. The molecule has 6 nitrogen and oxygen atoms in total. The monoisotopic (exact) mass is 278 g/mol. The summed E-state index contributed by atoms with van der Waals surface area (Å²) < 4.78 is 5.08. The molecule has 1 unspecified atom stereocenters. The Bertz CT molecular complexity index is 464. The van der Waals surface area contributed by atoms with Crippen molar-refractivity contribution in [1.29, 1.82) is 0 Å². The number of carbonyl (C=O) groups excluding carboxylic acids is 1. The molecule has 2 rings (SSSR count). The van der Waals surface area contributed by atoms with Crippen molar-refractivity contribution in [2.75, 3.05) is 19.6 Å². The molecule has 1 aliphatic heterocycles. The summed E-state index contributed by atoms with van der Waals surface area (Å²) in [6, 6.07) is 9.44. The van der Waals surface area contributed by atoms with Crippen molar-refractivity contribution < 1.29 is 19.4 Å². The summed E-state index contributed by atoms with van der Waals surface area (Å²) >= 11 is 0. The van der Waals surface area contributed by atoms with Gasteiger partial charge in [0.1, 0.15) is 6.61 Å². The highest BCUT2D eigenvalue weighted by atomic mass is 16.5. The van der Waals surface area contributed by atoms with Crippen molar-refractivity contribution in [1.82, 2.24) is 10.2 Å². The van der Waals surface area contributed by atoms with Gasteiger partial charge in [-0.25, -0.2) is 9.59 Å². The van der Waals surface area contributed by atoms with Crippen LogP contribution in [-0.4, -0.2) is 41.8 Å². The summed E-state index contributed by atoms with van der Waals surface area (Å²) in [5, 5.41) is 11.5. The standard InChI is InChI=1S/C14H18N2O4/c17-13(20-10-11-4-2-1-3-5-11)15-8-12-6-7-16(9-12)14(18)19/h1-5,12H,6-10H2,(H,15,17)(H,18,19). The number of hydrogen-bond donors (Lipinski definition) is 2. The Labute approximate surface area is 117 Å². The number of carboxylic acid groups (broad SMARTS) is 1. The van der Waals surface area contributed by atoms with Gasteiger partial charge in [-0.05, 0) is 17.9 Å². The maximum Gasteiger partial charge on any atom is 0.407 e. The Morgan fingerprint density at radius 1 is 1.35 bits per heavy atom. The number of carbonyl (C=O) groups is 2. The maximum absolute atomic E-state index is 11.5. The first kappa shape index (κ1) is 14.2. The van der Waals surface area contributed by atoms with Gasteiger partial charge in [0, 0.05) is 19.6 Å². The number of rotatable bonds is 4. The van der Waals surface area contributed by atoms with E-state index in [-0.39, 0.29) is 12.5 Å². The third-order valence-electron chi connectivity index (χ3n) is 3.30. The van der Waals surface area contributed by atoms with E-state index >= 15 is 0 Å². The van der Waals surface area contributed by atoms with Crippen LogP contribution in [0.4, 0.5) is 9.59 Å². The Morgan fingerprint density at radius 2 is 2.10 bits per heavy atom. The number of alkyl carbamates (subject to hydrolysis) is 1. The van der Waals surface area contributed by atoms with Crippen LogP contribution in [0.25, 0.3) is 0 Å². The van der Waals surface area contributed by atoms with Crippen molar-refractivity contribution in [3.8, 4) is 0 Å². The lowest BCUT2D eigenvalue weighted by Crippen LogP contribution is -2.32. The number of nitrogens with zero attached hydrogens (tertiary/aromatic N) is 1. The van der Waals surface area contributed by atoms with E-state index in [2.05, 4.69) is 5.32 Å². The molecule has 2 amide bonds. The lowest BCUT2D eigenvalue weighted by molar-refractivity contribution is 0.137. The van der Waals surface area contributed by atoms with Gasteiger partial charge in [0.05, 0.1) is 0 Å². The molecule has 1 aromatic carbocycles. The number of benzene rings is 1. The van der Waals surface area contributed by atoms with Crippen molar-refractivity contribution in [3.63, 3.8) is 0 Å². The van der Waals surface area contributed by atoms with Crippen LogP contribution in [0.15, 0.2) is 30.3 Å². The summed E-state index contributed by atoms with van der Waals surface area (Å²) in [4.78, 5) is 23.6. The molecular formula is C14H18N2O4. The molecule has 6 heteroatoms. The maximum atomic E-state index is 11.5. The van der Waals surface area contributed by atoms with E-state index in [9.17, 15) is 9.59 Å². The molecule has 0 aromatic heterocycles. The molecule has 1 heterocycles. The average molecular weight is 278 g/mol. The third kappa shape index (κ3) is 4.15. The molecule has 1 aliphatic rings. The minimum absolute atomic E-state index is 0.162. The van der Waals surface area contributed by atoms with Crippen LogP contribution in [-0.2, 0) is 11.3 Å². The van der Waals surface area contributed by atoms with Gasteiger partial charge in [0.2, 0.25) is 0 Å². The summed E-state index contributed by atoms with van der Waals surface area (Å²) in [5.74, 6) is 0.162. The van der Waals surface area contributed by atoms with E-state index < -0.39 is 12.2 Å². The molecule has 2 N–H and O–H groups in total. The zero-order chi connectivity index (χ0) is 14.4. The zero-order valence-electron chi connectivity index (χ0n) is 11.1. The number of nitrogens with one attached hydrogen (secondary N) is 1. The van der Waals surface area contributed by atoms with Crippen LogP contribution in [0.1, 0.15) is 12.0 Å². The predicted molar refractivity (Wildman–Crippen MR) is 72.3 cm³/mol. The molecule has 0 bridgehead atoms. The van der Waals surface area contributed by atoms with Crippen LogP contribution in [0.5, 0.6) is 0 Å². The fraction of sp³-hybridized carbons (Fsp3) is 0.429. The lowest BCUT2D eigenvalue weighted by atomic mass is 10.1. The van der Waals surface area contributed by atoms with Crippen LogP contribution in [0.2, 0.25) is 0 Å². The van der Waals surface area contributed by atoms with E-state index in [1.54, 1.807) is 0 Å². The molecule has 0 radical (unpaired) electrons. The van der Waals surface area contributed by atoms with Crippen LogP contribution in [0, 0.1) is 5.92 Å². The SMILES string of the molecule is O=C(NCC1CCN(C(=O)O)C1)OCc1ccccc1. The van der Waals surface area contributed by atoms with Crippen molar-refractivity contribution in [2.45, 2.75) is 13.0 Å². The lowest BCUT2D eigenvalue weighted by Gasteiger charge is -2.13. The van der Waals surface area contributed by atoms with Crippen LogP contribution in [0.3, 0.4) is 0 Å². The Balaban J connectivity index is 1.65. The highest BCUT2D eigenvalue weighted by Crippen LogP contribution is 2.15. The molecule has 0 aliphatic carbocycles. The van der Waals surface area contributed by atoms with Gasteiger partial charge in [-0.2, -0.15) is 0 Å². The van der Waals surface area contributed by atoms with Gasteiger partial charge in [-0.15, -0.1) is 0 Å².